The maximum Gasteiger partial charge on any atom is 0.225 e. The zero-order valence-corrected chi connectivity index (χ0v) is 9.19. The fourth-order valence-corrected chi connectivity index (χ4v) is 1.42. The van der Waals surface area contributed by atoms with Gasteiger partial charge in [-0.1, -0.05) is 6.92 Å². The molecule has 0 aliphatic rings. The molecule has 1 aromatic rings. The van der Waals surface area contributed by atoms with Gasteiger partial charge < -0.3 is 4.90 Å². The SMILES string of the molecule is CCCN(CC)c1n[nH]c(=S)n1C. The van der Waals surface area contributed by atoms with Crippen LogP contribution in [0.25, 0.3) is 0 Å². The number of H-pyrrole nitrogens is 1. The van der Waals surface area contributed by atoms with Crippen molar-refractivity contribution >= 4 is 18.2 Å². The second kappa shape index (κ2) is 4.41. The Kier molecular flexibility index (Phi) is 3.48. The van der Waals surface area contributed by atoms with Crippen LogP contribution in [-0.2, 0) is 7.05 Å². The molecule has 1 aromatic heterocycles. The number of hydrogen-bond donors (Lipinski definition) is 1. The summed E-state index contributed by atoms with van der Waals surface area (Å²) in [6.45, 7) is 6.25. The quantitative estimate of drug-likeness (QED) is 0.752. The Morgan fingerprint density at radius 3 is 2.62 bits per heavy atom. The highest BCUT2D eigenvalue weighted by atomic mass is 32.1. The molecule has 0 amide bonds. The van der Waals surface area contributed by atoms with Crippen molar-refractivity contribution in [2.75, 3.05) is 18.0 Å². The van der Waals surface area contributed by atoms with Gasteiger partial charge in [-0.3, -0.25) is 4.57 Å². The first-order valence-corrected chi connectivity index (χ1v) is 4.97. The van der Waals surface area contributed by atoms with Crippen LogP contribution in [0.3, 0.4) is 0 Å². The molecule has 0 aromatic carbocycles. The van der Waals surface area contributed by atoms with Crippen molar-refractivity contribution in [3.05, 3.63) is 4.77 Å². The molecule has 0 radical (unpaired) electrons. The average molecular weight is 200 g/mol. The first-order chi connectivity index (χ1) is 6.20. The lowest BCUT2D eigenvalue weighted by molar-refractivity contribution is 0.732. The summed E-state index contributed by atoms with van der Waals surface area (Å²) in [6, 6.07) is 0. The number of rotatable bonds is 4. The first kappa shape index (κ1) is 10.2. The van der Waals surface area contributed by atoms with E-state index in [0.717, 1.165) is 25.5 Å². The van der Waals surface area contributed by atoms with Gasteiger partial charge in [0.05, 0.1) is 0 Å². The molecule has 0 saturated carbocycles. The molecule has 0 bridgehead atoms. The van der Waals surface area contributed by atoms with Crippen LogP contribution in [0.2, 0.25) is 0 Å². The van der Waals surface area contributed by atoms with E-state index >= 15 is 0 Å². The fourth-order valence-electron chi connectivity index (χ4n) is 1.29. The molecule has 13 heavy (non-hydrogen) atoms. The van der Waals surface area contributed by atoms with E-state index in [1.807, 2.05) is 11.6 Å². The average Bonchev–Trinajstić information content (AvgIpc) is 2.45. The van der Waals surface area contributed by atoms with Crippen LogP contribution in [0.5, 0.6) is 0 Å². The van der Waals surface area contributed by atoms with Gasteiger partial charge in [0.2, 0.25) is 5.95 Å². The van der Waals surface area contributed by atoms with Gasteiger partial charge in [0.1, 0.15) is 0 Å². The molecule has 0 unspecified atom stereocenters. The summed E-state index contributed by atoms with van der Waals surface area (Å²) in [6.07, 6.45) is 1.12. The minimum Gasteiger partial charge on any atom is -0.341 e. The molecule has 0 aliphatic carbocycles. The molecule has 74 valence electrons. The zero-order chi connectivity index (χ0) is 9.84. The Morgan fingerprint density at radius 1 is 1.54 bits per heavy atom. The highest BCUT2D eigenvalue weighted by Gasteiger charge is 2.08. The molecule has 1 N–H and O–H groups in total. The van der Waals surface area contributed by atoms with Crippen molar-refractivity contribution in [3.63, 3.8) is 0 Å². The Bertz CT molecular complexity index is 314. The van der Waals surface area contributed by atoms with E-state index < -0.39 is 0 Å². The highest BCUT2D eigenvalue weighted by Crippen LogP contribution is 2.08. The molecule has 5 heteroatoms. The van der Waals surface area contributed by atoms with Gasteiger partial charge in [-0.15, -0.1) is 5.10 Å². The smallest absolute Gasteiger partial charge is 0.225 e. The summed E-state index contributed by atoms with van der Waals surface area (Å²) in [5, 5.41) is 6.96. The third-order valence-electron chi connectivity index (χ3n) is 2.01. The van der Waals surface area contributed by atoms with Gasteiger partial charge in [-0.05, 0) is 25.6 Å². The zero-order valence-electron chi connectivity index (χ0n) is 8.37. The van der Waals surface area contributed by atoms with Crippen molar-refractivity contribution in [3.8, 4) is 0 Å². The van der Waals surface area contributed by atoms with Gasteiger partial charge in [0, 0.05) is 20.1 Å². The molecule has 0 saturated heterocycles. The molecule has 0 fully saturated rings. The summed E-state index contributed by atoms with van der Waals surface area (Å²) >= 11 is 5.04. The molecule has 0 atom stereocenters. The molecule has 1 rings (SSSR count). The second-order valence-electron chi connectivity index (χ2n) is 2.97. The molecular weight excluding hydrogens is 184 g/mol. The van der Waals surface area contributed by atoms with Gasteiger partial charge in [-0.2, -0.15) is 0 Å². The van der Waals surface area contributed by atoms with Gasteiger partial charge >= 0.3 is 0 Å². The van der Waals surface area contributed by atoms with Crippen molar-refractivity contribution < 1.29 is 0 Å². The lowest BCUT2D eigenvalue weighted by atomic mass is 10.4. The van der Waals surface area contributed by atoms with Crippen LogP contribution in [0.15, 0.2) is 0 Å². The lowest BCUT2D eigenvalue weighted by Gasteiger charge is -2.19. The fraction of sp³-hybridized carbons (Fsp3) is 0.750. The van der Waals surface area contributed by atoms with Crippen LogP contribution in [0.1, 0.15) is 20.3 Å². The normalized spacial score (nSPS) is 10.4. The van der Waals surface area contributed by atoms with Gasteiger partial charge in [-0.25, -0.2) is 5.10 Å². The monoisotopic (exact) mass is 200 g/mol. The standard InChI is InChI=1S/C8H16N4S/c1-4-6-12(5-2)7-9-10-8(13)11(7)3/h4-6H2,1-3H3,(H,10,13). The summed E-state index contributed by atoms with van der Waals surface area (Å²) < 4.78 is 2.57. The van der Waals surface area contributed by atoms with Crippen LogP contribution in [0.4, 0.5) is 5.95 Å². The number of nitrogens with zero attached hydrogens (tertiary/aromatic N) is 3. The predicted octanol–water partition coefficient (Wildman–Crippen LogP) is 1.71. The van der Waals surface area contributed by atoms with Crippen LogP contribution >= 0.6 is 12.2 Å². The maximum atomic E-state index is 5.04. The van der Waals surface area contributed by atoms with Crippen LogP contribution < -0.4 is 4.90 Å². The largest absolute Gasteiger partial charge is 0.341 e. The van der Waals surface area contributed by atoms with Gasteiger partial charge in [0.25, 0.3) is 0 Å². The summed E-state index contributed by atoms with van der Waals surface area (Å²) in [4.78, 5) is 2.20. The van der Waals surface area contributed by atoms with E-state index in [2.05, 4.69) is 28.9 Å². The Labute approximate surface area is 83.6 Å². The Morgan fingerprint density at radius 2 is 2.23 bits per heavy atom. The third kappa shape index (κ3) is 2.09. The van der Waals surface area contributed by atoms with Crippen molar-refractivity contribution in [2.45, 2.75) is 20.3 Å². The van der Waals surface area contributed by atoms with Crippen molar-refractivity contribution in [2.24, 2.45) is 7.05 Å². The Hall–Kier alpha value is -0.840. The predicted molar refractivity (Wildman–Crippen MR) is 56.6 cm³/mol. The molecule has 1 heterocycles. The number of anilines is 1. The number of hydrogen-bond acceptors (Lipinski definition) is 3. The first-order valence-electron chi connectivity index (χ1n) is 4.57. The maximum absolute atomic E-state index is 5.04. The molecule has 0 spiro atoms. The van der Waals surface area contributed by atoms with E-state index in [-0.39, 0.29) is 0 Å². The van der Waals surface area contributed by atoms with E-state index in [1.54, 1.807) is 0 Å². The number of nitrogens with one attached hydrogen (secondary N) is 1. The highest BCUT2D eigenvalue weighted by molar-refractivity contribution is 7.71. The summed E-state index contributed by atoms with van der Waals surface area (Å²) in [5.74, 6) is 0.925. The molecular formula is C8H16N4S. The Balaban J connectivity index is 2.91. The minimum absolute atomic E-state index is 0.671. The minimum atomic E-state index is 0.671. The topological polar surface area (TPSA) is 36.9 Å². The van der Waals surface area contributed by atoms with Crippen LogP contribution in [-0.4, -0.2) is 27.9 Å². The third-order valence-corrected chi connectivity index (χ3v) is 2.38. The van der Waals surface area contributed by atoms with Gasteiger partial charge in [0.15, 0.2) is 4.77 Å². The number of aromatic amines is 1. The second-order valence-corrected chi connectivity index (χ2v) is 3.35. The van der Waals surface area contributed by atoms with Crippen LogP contribution in [0, 0.1) is 4.77 Å². The van der Waals surface area contributed by atoms with E-state index in [9.17, 15) is 0 Å². The summed E-state index contributed by atoms with van der Waals surface area (Å²) in [7, 11) is 1.93. The van der Waals surface area contributed by atoms with E-state index in [1.165, 1.54) is 0 Å². The molecule has 0 aliphatic heterocycles. The summed E-state index contributed by atoms with van der Waals surface area (Å²) in [5.41, 5.74) is 0. The number of aromatic nitrogens is 3. The lowest BCUT2D eigenvalue weighted by Crippen LogP contribution is -2.26. The van der Waals surface area contributed by atoms with E-state index in [4.69, 9.17) is 12.2 Å². The van der Waals surface area contributed by atoms with Crippen molar-refractivity contribution in [1.82, 2.24) is 14.8 Å². The molecule has 4 nitrogen and oxygen atoms in total. The van der Waals surface area contributed by atoms with Crippen molar-refractivity contribution in [1.29, 1.82) is 0 Å². The van der Waals surface area contributed by atoms with E-state index in [0.29, 0.717) is 4.77 Å².